The summed E-state index contributed by atoms with van der Waals surface area (Å²) >= 11 is 0. The van der Waals surface area contributed by atoms with Crippen molar-refractivity contribution in [1.29, 1.82) is 0 Å². The maximum atomic E-state index is 12.9. The van der Waals surface area contributed by atoms with Crippen molar-refractivity contribution in [3.05, 3.63) is 53.5 Å². The van der Waals surface area contributed by atoms with Gasteiger partial charge in [0.15, 0.2) is 5.69 Å². The van der Waals surface area contributed by atoms with E-state index in [-0.39, 0.29) is 11.7 Å². The Labute approximate surface area is 153 Å². The van der Waals surface area contributed by atoms with E-state index < -0.39 is 0 Å². The van der Waals surface area contributed by atoms with Crippen LogP contribution in [0.5, 0.6) is 0 Å². The Morgan fingerprint density at radius 3 is 2.69 bits per heavy atom. The quantitative estimate of drug-likeness (QED) is 0.858. The van der Waals surface area contributed by atoms with Crippen LogP contribution in [-0.2, 0) is 6.42 Å². The van der Waals surface area contributed by atoms with Gasteiger partial charge in [-0.1, -0.05) is 19.1 Å². The molecule has 2 aromatic rings. The fourth-order valence-corrected chi connectivity index (χ4v) is 3.37. The summed E-state index contributed by atoms with van der Waals surface area (Å²) in [6, 6.07) is 10.3. The molecule has 0 saturated carbocycles. The number of amides is 1. The zero-order chi connectivity index (χ0) is 18.4. The minimum absolute atomic E-state index is 0.0260. The van der Waals surface area contributed by atoms with Crippen molar-refractivity contribution in [3.8, 4) is 0 Å². The fraction of sp³-hybridized carbons (Fsp3) is 0.450. The van der Waals surface area contributed by atoms with Crippen molar-refractivity contribution in [2.45, 2.75) is 45.1 Å². The van der Waals surface area contributed by atoms with Crippen LogP contribution in [0, 0.1) is 5.82 Å². The molecular weight excluding hydrogens is 331 g/mol. The molecule has 5 nitrogen and oxygen atoms in total. The molecule has 1 fully saturated rings. The van der Waals surface area contributed by atoms with Gasteiger partial charge < -0.3 is 10.2 Å². The third-order valence-electron chi connectivity index (χ3n) is 4.88. The largest absolute Gasteiger partial charge is 0.368 e. The topological polar surface area (TPSA) is 58.1 Å². The van der Waals surface area contributed by atoms with Crippen LogP contribution in [0.4, 0.5) is 10.2 Å². The van der Waals surface area contributed by atoms with Crippen LogP contribution in [0.1, 0.15) is 48.7 Å². The molecule has 1 N–H and O–H groups in total. The minimum Gasteiger partial charge on any atom is -0.368 e. The first-order valence-corrected chi connectivity index (χ1v) is 9.30. The zero-order valence-electron chi connectivity index (χ0n) is 15.1. The Kier molecular flexibility index (Phi) is 6.15. The summed E-state index contributed by atoms with van der Waals surface area (Å²) in [6.45, 7) is 3.59. The van der Waals surface area contributed by atoms with E-state index in [1.165, 1.54) is 18.6 Å². The van der Waals surface area contributed by atoms with Crippen molar-refractivity contribution in [3.63, 3.8) is 0 Å². The van der Waals surface area contributed by atoms with Gasteiger partial charge in [-0.25, -0.2) is 4.39 Å². The van der Waals surface area contributed by atoms with Crippen LogP contribution in [-0.4, -0.2) is 40.1 Å². The predicted molar refractivity (Wildman–Crippen MR) is 99.6 cm³/mol. The average Bonchev–Trinajstić information content (AvgIpc) is 2.69. The van der Waals surface area contributed by atoms with E-state index in [0.717, 1.165) is 37.8 Å². The highest BCUT2D eigenvalue weighted by molar-refractivity contribution is 5.92. The number of rotatable bonds is 6. The average molecular weight is 356 g/mol. The molecule has 0 bridgehead atoms. The molecule has 0 spiro atoms. The van der Waals surface area contributed by atoms with E-state index in [1.807, 2.05) is 4.90 Å². The molecule has 26 heavy (non-hydrogen) atoms. The lowest BCUT2D eigenvalue weighted by atomic mass is 9.99. The molecule has 0 radical (unpaired) electrons. The molecule has 0 aliphatic carbocycles. The minimum atomic E-state index is -0.230. The zero-order valence-corrected chi connectivity index (χ0v) is 15.1. The van der Waals surface area contributed by atoms with Crippen molar-refractivity contribution >= 4 is 11.7 Å². The SMILES string of the molecule is CCC1CCCCN1C(=O)c1ccc(NCCc2ccc(F)cc2)nn1. The molecule has 1 unspecified atom stereocenters. The second kappa shape index (κ2) is 8.74. The lowest BCUT2D eigenvalue weighted by Crippen LogP contribution is -2.43. The number of carbonyl (C=O) groups is 1. The van der Waals surface area contributed by atoms with Gasteiger partial charge in [0, 0.05) is 19.1 Å². The second-order valence-corrected chi connectivity index (χ2v) is 6.66. The number of benzene rings is 1. The molecule has 1 aromatic heterocycles. The summed E-state index contributed by atoms with van der Waals surface area (Å²) in [6.07, 6.45) is 5.04. The molecule has 1 aromatic carbocycles. The maximum absolute atomic E-state index is 12.9. The summed E-state index contributed by atoms with van der Waals surface area (Å²) in [4.78, 5) is 14.6. The first-order valence-electron chi connectivity index (χ1n) is 9.30. The van der Waals surface area contributed by atoms with Crippen molar-refractivity contribution < 1.29 is 9.18 Å². The summed E-state index contributed by atoms with van der Waals surface area (Å²) < 4.78 is 12.9. The Bertz CT molecular complexity index is 718. The summed E-state index contributed by atoms with van der Waals surface area (Å²) in [5.74, 6) is 0.378. The van der Waals surface area contributed by atoms with Gasteiger partial charge in [0.05, 0.1) is 0 Å². The highest BCUT2D eigenvalue weighted by atomic mass is 19.1. The van der Waals surface area contributed by atoms with E-state index in [2.05, 4.69) is 22.4 Å². The summed E-state index contributed by atoms with van der Waals surface area (Å²) in [5, 5.41) is 11.4. The molecule has 1 amide bonds. The second-order valence-electron chi connectivity index (χ2n) is 6.66. The molecule has 1 aliphatic heterocycles. The Hall–Kier alpha value is -2.50. The van der Waals surface area contributed by atoms with E-state index in [4.69, 9.17) is 0 Å². The lowest BCUT2D eigenvalue weighted by molar-refractivity contribution is 0.0601. The van der Waals surface area contributed by atoms with Gasteiger partial charge in [-0.2, -0.15) is 0 Å². The predicted octanol–water partition coefficient (Wildman–Crippen LogP) is 3.68. The van der Waals surface area contributed by atoms with Crippen molar-refractivity contribution in [1.82, 2.24) is 15.1 Å². The summed E-state index contributed by atoms with van der Waals surface area (Å²) in [5.41, 5.74) is 1.45. The third kappa shape index (κ3) is 4.56. The number of halogens is 1. The molecule has 1 aliphatic rings. The van der Waals surface area contributed by atoms with E-state index in [0.29, 0.717) is 24.1 Å². The van der Waals surface area contributed by atoms with Crippen LogP contribution >= 0.6 is 0 Å². The number of nitrogens with one attached hydrogen (secondary N) is 1. The molecule has 1 saturated heterocycles. The van der Waals surface area contributed by atoms with Gasteiger partial charge in [-0.3, -0.25) is 4.79 Å². The number of aromatic nitrogens is 2. The Morgan fingerprint density at radius 1 is 1.19 bits per heavy atom. The van der Waals surface area contributed by atoms with E-state index in [9.17, 15) is 9.18 Å². The van der Waals surface area contributed by atoms with Crippen LogP contribution in [0.3, 0.4) is 0 Å². The first-order chi connectivity index (χ1) is 12.7. The first kappa shape index (κ1) is 18.3. The Morgan fingerprint density at radius 2 is 2.00 bits per heavy atom. The van der Waals surface area contributed by atoms with Crippen molar-refractivity contribution in [2.24, 2.45) is 0 Å². The smallest absolute Gasteiger partial charge is 0.274 e. The van der Waals surface area contributed by atoms with Gasteiger partial charge >= 0.3 is 0 Å². The summed E-state index contributed by atoms with van der Waals surface area (Å²) in [7, 11) is 0. The number of piperidine rings is 1. The third-order valence-corrected chi connectivity index (χ3v) is 4.88. The fourth-order valence-electron chi connectivity index (χ4n) is 3.37. The monoisotopic (exact) mass is 356 g/mol. The highest BCUT2D eigenvalue weighted by Crippen LogP contribution is 2.21. The number of anilines is 1. The van der Waals surface area contributed by atoms with Crippen molar-refractivity contribution in [2.75, 3.05) is 18.4 Å². The maximum Gasteiger partial charge on any atom is 0.274 e. The van der Waals surface area contributed by atoms with Crippen LogP contribution in [0.25, 0.3) is 0 Å². The molecule has 138 valence electrons. The number of carbonyl (C=O) groups excluding carboxylic acids is 1. The Balaban J connectivity index is 1.54. The van der Waals surface area contributed by atoms with Crippen LogP contribution < -0.4 is 5.32 Å². The van der Waals surface area contributed by atoms with Gasteiger partial charge in [0.1, 0.15) is 11.6 Å². The van der Waals surface area contributed by atoms with Gasteiger partial charge in [0.25, 0.3) is 5.91 Å². The number of nitrogens with zero attached hydrogens (tertiary/aromatic N) is 3. The molecule has 1 atom stereocenters. The normalized spacial score (nSPS) is 17.2. The van der Waals surface area contributed by atoms with Gasteiger partial charge in [0.2, 0.25) is 0 Å². The van der Waals surface area contributed by atoms with Gasteiger partial charge in [-0.15, -0.1) is 10.2 Å². The number of hydrogen-bond donors (Lipinski definition) is 1. The van der Waals surface area contributed by atoms with E-state index >= 15 is 0 Å². The molecule has 6 heteroatoms. The lowest BCUT2D eigenvalue weighted by Gasteiger charge is -2.34. The number of likely N-dealkylation sites (tertiary alicyclic amines) is 1. The molecule has 2 heterocycles. The standard InChI is InChI=1S/C20H25FN4O/c1-2-17-5-3-4-14-25(17)20(26)18-10-11-19(24-23-18)22-13-12-15-6-8-16(21)9-7-15/h6-11,17H,2-5,12-14H2,1H3,(H,22,24). The van der Waals surface area contributed by atoms with Crippen LogP contribution in [0.15, 0.2) is 36.4 Å². The molecule has 3 rings (SSSR count). The van der Waals surface area contributed by atoms with E-state index in [1.54, 1.807) is 24.3 Å². The van der Waals surface area contributed by atoms with Gasteiger partial charge in [-0.05, 0) is 61.9 Å². The highest BCUT2D eigenvalue weighted by Gasteiger charge is 2.27. The molecular formula is C20H25FN4O. The van der Waals surface area contributed by atoms with Crippen LogP contribution in [0.2, 0.25) is 0 Å². The number of hydrogen-bond acceptors (Lipinski definition) is 4.